The van der Waals surface area contributed by atoms with Gasteiger partial charge >= 0.3 is 0 Å². The summed E-state index contributed by atoms with van der Waals surface area (Å²) in [5, 5.41) is 12.2. The first-order valence-electron chi connectivity index (χ1n) is 7.11. The van der Waals surface area contributed by atoms with Crippen LogP contribution in [0.25, 0.3) is 0 Å². The summed E-state index contributed by atoms with van der Waals surface area (Å²) in [6.45, 7) is 3.25. The lowest BCUT2D eigenvalue weighted by atomic mass is 9.89. The number of pyridine rings is 1. The number of aromatic nitrogens is 1. The van der Waals surface area contributed by atoms with E-state index < -0.39 is 0 Å². The molecular formula is C15H19N3O2. The van der Waals surface area contributed by atoms with Crippen LogP contribution >= 0.6 is 0 Å². The van der Waals surface area contributed by atoms with Crippen LogP contribution in [-0.4, -0.2) is 36.4 Å². The van der Waals surface area contributed by atoms with Crippen LogP contribution in [0, 0.1) is 11.3 Å². The Balaban J connectivity index is 1.53. The van der Waals surface area contributed by atoms with E-state index in [9.17, 15) is 0 Å². The third-order valence-electron chi connectivity index (χ3n) is 4.11. The maximum Gasteiger partial charge on any atom is 0.140 e. The van der Waals surface area contributed by atoms with Crippen molar-refractivity contribution in [2.45, 2.75) is 37.6 Å². The third kappa shape index (κ3) is 2.98. The predicted octanol–water partition coefficient (Wildman–Crippen LogP) is 1.38. The predicted molar refractivity (Wildman–Crippen MR) is 72.9 cm³/mol. The second kappa shape index (κ2) is 5.88. The van der Waals surface area contributed by atoms with E-state index >= 15 is 0 Å². The van der Waals surface area contributed by atoms with Crippen molar-refractivity contribution >= 4 is 0 Å². The van der Waals surface area contributed by atoms with Crippen molar-refractivity contribution < 1.29 is 9.47 Å². The van der Waals surface area contributed by atoms with E-state index in [0.717, 1.165) is 37.9 Å². The van der Waals surface area contributed by atoms with E-state index in [1.807, 2.05) is 12.1 Å². The smallest absolute Gasteiger partial charge is 0.140 e. The molecule has 2 saturated heterocycles. The van der Waals surface area contributed by atoms with E-state index in [-0.39, 0.29) is 11.7 Å². The molecule has 3 rings (SSSR count). The van der Waals surface area contributed by atoms with Crippen LogP contribution < -0.4 is 5.32 Å². The van der Waals surface area contributed by atoms with E-state index in [1.165, 1.54) is 0 Å². The molecule has 1 aromatic rings. The minimum Gasteiger partial charge on any atom is -0.372 e. The summed E-state index contributed by atoms with van der Waals surface area (Å²) in [6.07, 6.45) is 4.93. The van der Waals surface area contributed by atoms with Gasteiger partial charge in [-0.1, -0.05) is 0 Å². The van der Waals surface area contributed by atoms with Crippen molar-refractivity contribution in [3.05, 3.63) is 29.6 Å². The van der Waals surface area contributed by atoms with Gasteiger partial charge in [-0.3, -0.25) is 0 Å². The highest BCUT2D eigenvalue weighted by Gasteiger charge is 2.41. The summed E-state index contributed by atoms with van der Waals surface area (Å²) in [5.41, 5.74) is 1.46. The second-order valence-electron chi connectivity index (χ2n) is 5.54. The molecule has 0 amide bonds. The molecule has 1 N–H and O–H groups in total. The van der Waals surface area contributed by atoms with Crippen LogP contribution in [0.3, 0.4) is 0 Å². The molecule has 2 fully saturated rings. The Morgan fingerprint density at radius 1 is 1.50 bits per heavy atom. The summed E-state index contributed by atoms with van der Waals surface area (Å²) in [6, 6.07) is 5.70. The minimum absolute atomic E-state index is 0.0337. The van der Waals surface area contributed by atoms with Gasteiger partial charge in [-0.25, -0.2) is 4.98 Å². The van der Waals surface area contributed by atoms with Crippen LogP contribution in [0.15, 0.2) is 18.3 Å². The van der Waals surface area contributed by atoms with Gasteiger partial charge in [0.15, 0.2) is 0 Å². The molecule has 0 radical (unpaired) electrons. The van der Waals surface area contributed by atoms with Crippen LogP contribution in [0.1, 0.15) is 30.5 Å². The first-order valence-corrected chi connectivity index (χ1v) is 7.11. The van der Waals surface area contributed by atoms with Crippen LogP contribution in [0.5, 0.6) is 0 Å². The Morgan fingerprint density at radius 2 is 2.35 bits per heavy atom. The van der Waals surface area contributed by atoms with Gasteiger partial charge in [0.05, 0.1) is 24.9 Å². The standard InChI is InChI=1S/C15H19N3O2/c16-9-13-7-12(1-4-18-13)10-19-14-8-15(20-11-14)2-5-17-6-3-15/h1,4,7,14,17H,2-3,5-6,8,10-11H2. The Morgan fingerprint density at radius 3 is 3.15 bits per heavy atom. The van der Waals surface area contributed by atoms with Gasteiger partial charge in [0.25, 0.3) is 0 Å². The summed E-state index contributed by atoms with van der Waals surface area (Å²) in [5.74, 6) is 0. The van der Waals surface area contributed by atoms with Crippen molar-refractivity contribution in [1.29, 1.82) is 5.26 Å². The second-order valence-corrected chi connectivity index (χ2v) is 5.54. The lowest BCUT2D eigenvalue weighted by Crippen LogP contribution is -2.41. The molecule has 5 heteroatoms. The first-order chi connectivity index (χ1) is 9.80. The topological polar surface area (TPSA) is 67.2 Å². The molecule has 2 aliphatic heterocycles. The van der Waals surface area contributed by atoms with Crippen molar-refractivity contribution in [3.8, 4) is 6.07 Å². The van der Waals surface area contributed by atoms with Crippen LogP contribution in [0.4, 0.5) is 0 Å². The summed E-state index contributed by atoms with van der Waals surface area (Å²) in [7, 11) is 0. The molecule has 0 saturated carbocycles. The van der Waals surface area contributed by atoms with Gasteiger partial charge in [-0.2, -0.15) is 5.26 Å². The number of hydrogen-bond acceptors (Lipinski definition) is 5. The third-order valence-corrected chi connectivity index (χ3v) is 4.11. The van der Waals surface area contributed by atoms with Crippen molar-refractivity contribution in [2.24, 2.45) is 0 Å². The van der Waals surface area contributed by atoms with E-state index in [2.05, 4.69) is 10.3 Å². The quantitative estimate of drug-likeness (QED) is 0.901. The summed E-state index contributed by atoms with van der Waals surface area (Å²) >= 11 is 0. The van der Waals surface area contributed by atoms with Crippen LogP contribution in [-0.2, 0) is 16.1 Å². The van der Waals surface area contributed by atoms with E-state index in [0.29, 0.717) is 18.9 Å². The molecule has 0 aliphatic carbocycles. The van der Waals surface area contributed by atoms with Crippen molar-refractivity contribution in [2.75, 3.05) is 19.7 Å². The average molecular weight is 273 g/mol. The number of nitriles is 1. The van der Waals surface area contributed by atoms with Crippen LogP contribution in [0.2, 0.25) is 0 Å². The highest BCUT2D eigenvalue weighted by Crippen LogP contribution is 2.35. The van der Waals surface area contributed by atoms with Crippen molar-refractivity contribution in [1.82, 2.24) is 10.3 Å². The monoisotopic (exact) mass is 273 g/mol. The fraction of sp³-hybridized carbons (Fsp3) is 0.600. The number of nitrogens with one attached hydrogen (secondary N) is 1. The zero-order valence-corrected chi connectivity index (χ0v) is 11.5. The van der Waals surface area contributed by atoms with Gasteiger partial charge in [-0.05, 0) is 43.6 Å². The average Bonchev–Trinajstić information content (AvgIpc) is 2.89. The molecule has 20 heavy (non-hydrogen) atoms. The Labute approximate surface area is 118 Å². The zero-order chi connectivity index (χ0) is 13.8. The zero-order valence-electron chi connectivity index (χ0n) is 11.5. The molecule has 0 aromatic carbocycles. The molecule has 0 bridgehead atoms. The molecule has 3 heterocycles. The van der Waals surface area contributed by atoms with Gasteiger partial charge in [0, 0.05) is 12.6 Å². The highest BCUT2D eigenvalue weighted by molar-refractivity contribution is 5.24. The van der Waals surface area contributed by atoms with Gasteiger partial charge in [0.2, 0.25) is 0 Å². The van der Waals surface area contributed by atoms with Crippen molar-refractivity contribution in [3.63, 3.8) is 0 Å². The molecule has 2 aliphatic rings. The Kier molecular flexibility index (Phi) is 3.97. The number of nitrogens with zero attached hydrogens (tertiary/aromatic N) is 2. The van der Waals surface area contributed by atoms with Gasteiger partial charge in [0.1, 0.15) is 11.8 Å². The minimum atomic E-state index is 0.0337. The maximum atomic E-state index is 8.83. The van der Waals surface area contributed by atoms with E-state index in [4.69, 9.17) is 14.7 Å². The highest BCUT2D eigenvalue weighted by atomic mass is 16.6. The lowest BCUT2D eigenvalue weighted by molar-refractivity contribution is -0.0240. The fourth-order valence-corrected chi connectivity index (χ4v) is 2.98. The maximum absolute atomic E-state index is 8.83. The first kappa shape index (κ1) is 13.5. The molecule has 1 unspecified atom stereocenters. The number of ether oxygens (including phenoxy) is 2. The van der Waals surface area contributed by atoms with Gasteiger partial charge in [-0.15, -0.1) is 0 Å². The Hall–Kier alpha value is -1.48. The molecular weight excluding hydrogens is 254 g/mol. The van der Waals surface area contributed by atoms with E-state index in [1.54, 1.807) is 12.3 Å². The normalized spacial score (nSPS) is 24.6. The molecule has 1 spiro atoms. The Bertz CT molecular complexity index is 506. The summed E-state index contributed by atoms with van der Waals surface area (Å²) < 4.78 is 11.9. The molecule has 1 atom stereocenters. The number of piperidine rings is 1. The lowest BCUT2D eigenvalue weighted by Gasteiger charge is -2.32. The largest absolute Gasteiger partial charge is 0.372 e. The fourth-order valence-electron chi connectivity index (χ4n) is 2.98. The number of rotatable bonds is 3. The molecule has 1 aromatic heterocycles. The molecule has 106 valence electrons. The van der Waals surface area contributed by atoms with Gasteiger partial charge < -0.3 is 14.8 Å². The summed E-state index contributed by atoms with van der Waals surface area (Å²) in [4.78, 5) is 3.96. The number of hydrogen-bond donors (Lipinski definition) is 1. The SMILES string of the molecule is N#Cc1cc(COC2COC3(CCNCC3)C2)ccn1. The molecule has 5 nitrogen and oxygen atoms in total.